The van der Waals surface area contributed by atoms with Crippen LogP contribution in [-0.2, 0) is 11.2 Å². The number of fused-ring (bicyclic) bond motifs is 1. The zero-order chi connectivity index (χ0) is 12.6. The molecule has 17 heavy (non-hydrogen) atoms. The molecule has 1 aromatic carbocycles. The molecule has 1 heterocycles. The van der Waals surface area contributed by atoms with Gasteiger partial charge in [-0.25, -0.2) is 0 Å². The first-order valence-corrected chi connectivity index (χ1v) is 6.03. The van der Waals surface area contributed by atoms with Crippen LogP contribution in [-0.4, -0.2) is 30.0 Å². The highest BCUT2D eigenvalue weighted by Gasteiger charge is 2.38. The molecule has 0 aromatic heterocycles. The number of aliphatic hydroxyl groups excluding tert-OH is 1. The summed E-state index contributed by atoms with van der Waals surface area (Å²) in [6.45, 7) is 6.05. The van der Waals surface area contributed by atoms with Crippen LogP contribution in [0.2, 0.25) is 0 Å². The highest BCUT2D eigenvalue weighted by atomic mass is 16.5. The van der Waals surface area contributed by atoms with Crippen molar-refractivity contribution in [3.8, 4) is 0 Å². The maximum Gasteiger partial charge on any atom is 0.0848 e. The summed E-state index contributed by atoms with van der Waals surface area (Å²) < 4.78 is 5.46. The Labute approximate surface area is 103 Å². The van der Waals surface area contributed by atoms with E-state index in [0.29, 0.717) is 6.42 Å². The summed E-state index contributed by atoms with van der Waals surface area (Å²) in [5.74, 6) is 0. The lowest BCUT2D eigenvalue weighted by Gasteiger charge is -2.41. The molecule has 0 fully saturated rings. The smallest absolute Gasteiger partial charge is 0.0848 e. The fraction of sp³-hybridized carbons (Fsp3) is 0.571. The van der Waals surface area contributed by atoms with Crippen molar-refractivity contribution < 1.29 is 9.84 Å². The third-order valence-corrected chi connectivity index (χ3v) is 3.66. The third kappa shape index (κ3) is 2.31. The van der Waals surface area contributed by atoms with Gasteiger partial charge in [0.1, 0.15) is 0 Å². The number of hydrogen-bond donors (Lipinski definition) is 2. The van der Waals surface area contributed by atoms with E-state index in [1.54, 1.807) is 7.11 Å². The number of nitrogens with one attached hydrogen (secondary N) is 1. The van der Waals surface area contributed by atoms with E-state index in [4.69, 9.17) is 4.74 Å². The van der Waals surface area contributed by atoms with Crippen LogP contribution in [0, 0.1) is 6.92 Å². The van der Waals surface area contributed by atoms with E-state index >= 15 is 0 Å². The molecule has 0 saturated heterocycles. The highest BCUT2D eigenvalue weighted by molar-refractivity contribution is 5.56. The molecule has 0 aliphatic carbocycles. The number of ether oxygens (including phenoxy) is 1. The molecule has 1 aromatic rings. The van der Waals surface area contributed by atoms with Gasteiger partial charge < -0.3 is 15.2 Å². The molecule has 0 saturated carbocycles. The molecule has 3 nitrogen and oxygen atoms in total. The zero-order valence-electron chi connectivity index (χ0n) is 10.9. The van der Waals surface area contributed by atoms with Crippen LogP contribution in [0.5, 0.6) is 0 Å². The minimum absolute atomic E-state index is 0.0808. The predicted molar refractivity (Wildman–Crippen MR) is 69.4 cm³/mol. The molecule has 2 unspecified atom stereocenters. The van der Waals surface area contributed by atoms with Crippen LogP contribution >= 0.6 is 0 Å². The number of anilines is 1. The van der Waals surface area contributed by atoms with Gasteiger partial charge >= 0.3 is 0 Å². The van der Waals surface area contributed by atoms with Crippen molar-refractivity contribution in [2.45, 2.75) is 44.9 Å². The van der Waals surface area contributed by atoms with Crippen LogP contribution in [0.4, 0.5) is 5.69 Å². The number of rotatable bonds is 2. The Bertz CT molecular complexity index is 415. The Hall–Kier alpha value is -1.06. The number of aliphatic hydroxyl groups is 1. The number of aryl methyl sites for hydroxylation is 1. The summed E-state index contributed by atoms with van der Waals surface area (Å²) >= 11 is 0. The molecular formula is C14H21NO2. The van der Waals surface area contributed by atoms with E-state index in [2.05, 4.69) is 30.4 Å². The summed E-state index contributed by atoms with van der Waals surface area (Å²) in [5.41, 5.74) is 3.13. The van der Waals surface area contributed by atoms with Crippen LogP contribution in [0.3, 0.4) is 0 Å². The molecule has 0 amide bonds. The Morgan fingerprint density at radius 2 is 2.12 bits per heavy atom. The Balaban J connectivity index is 2.30. The minimum atomic E-state index is -0.417. The molecule has 0 bridgehead atoms. The van der Waals surface area contributed by atoms with Crippen molar-refractivity contribution in [1.82, 2.24) is 0 Å². The first kappa shape index (κ1) is 12.4. The van der Waals surface area contributed by atoms with Gasteiger partial charge in [-0.3, -0.25) is 0 Å². The van der Waals surface area contributed by atoms with Crippen LogP contribution in [0.15, 0.2) is 18.2 Å². The maximum atomic E-state index is 10.2. The maximum absolute atomic E-state index is 10.2. The molecular weight excluding hydrogens is 214 g/mol. The van der Waals surface area contributed by atoms with Crippen molar-refractivity contribution in [2.24, 2.45) is 0 Å². The molecule has 1 aliphatic heterocycles. The SMILES string of the molecule is COC(C)(C)C1Nc2ccc(C)cc2CC1O. The normalized spacial score (nSPS) is 24.1. The number of benzene rings is 1. The van der Waals surface area contributed by atoms with E-state index in [-0.39, 0.29) is 11.6 Å². The van der Waals surface area contributed by atoms with Crippen molar-refractivity contribution in [3.05, 3.63) is 29.3 Å². The second-order valence-electron chi connectivity index (χ2n) is 5.36. The highest BCUT2D eigenvalue weighted by Crippen LogP contribution is 2.31. The third-order valence-electron chi connectivity index (χ3n) is 3.66. The molecule has 0 radical (unpaired) electrons. The van der Waals surface area contributed by atoms with E-state index in [1.165, 1.54) is 11.1 Å². The van der Waals surface area contributed by atoms with Crippen molar-refractivity contribution in [3.63, 3.8) is 0 Å². The summed E-state index contributed by atoms with van der Waals surface area (Å²) in [5, 5.41) is 13.6. The fourth-order valence-corrected chi connectivity index (χ4v) is 2.40. The molecule has 1 aliphatic rings. The Morgan fingerprint density at radius 1 is 1.41 bits per heavy atom. The standard InChI is InChI=1S/C14H21NO2/c1-9-5-6-11-10(7-9)8-12(16)13(15-11)14(2,3)17-4/h5-7,12-13,15-16H,8H2,1-4H3. The Kier molecular flexibility index (Phi) is 3.15. The number of methoxy groups -OCH3 is 1. The molecule has 0 spiro atoms. The van der Waals surface area contributed by atoms with Crippen molar-refractivity contribution >= 4 is 5.69 Å². The van der Waals surface area contributed by atoms with Gasteiger partial charge in [-0.05, 0) is 32.4 Å². The predicted octanol–water partition coefficient (Wildman–Crippen LogP) is 2.12. The van der Waals surface area contributed by atoms with Gasteiger partial charge in [0, 0.05) is 19.2 Å². The van der Waals surface area contributed by atoms with Gasteiger partial charge in [-0.2, -0.15) is 0 Å². The van der Waals surface area contributed by atoms with Crippen LogP contribution in [0.1, 0.15) is 25.0 Å². The lowest BCUT2D eigenvalue weighted by molar-refractivity contribution is -0.0328. The van der Waals surface area contributed by atoms with Crippen molar-refractivity contribution in [2.75, 3.05) is 12.4 Å². The van der Waals surface area contributed by atoms with E-state index in [1.807, 2.05) is 13.8 Å². The molecule has 2 N–H and O–H groups in total. The second kappa shape index (κ2) is 4.31. The second-order valence-corrected chi connectivity index (χ2v) is 5.36. The molecule has 94 valence electrons. The van der Waals surface area contributed by atoms with E-state index in [9.17, 15) is 5.11 Å². The van der Waals surface area contributed by atoms with Gasteiger partial charge in [0.2, 0.25) is 0 Å². The topological polar surface area (TPSA) is 41.5 Å². The van der Waals surface area contributed by atoms with Crippen LogP contribution < -0.4 is 5.32 Å². The lowest BCUT2D eigenvalue weighted by Crippen LogP contribution is -2.53. The van der Waals surface area contributed by atoms with Gasteiger partial charge in [0.25, 0.3) is 0 Å². The van der Waals surface area contributed by atoms with Gasteiger partial charge in [0.05, 0.1) is 17.7 Å². The minimum Gasteiger partial charge on any atom is -0.391 e. The summed E-state index contributed by atoms with van der Waals surface area (Å²) in [4.78, 5) is 0. The zero-order valence-corrected chi connectivity index (χ0v) is 10.9. The summed E-state index contributed by atoms with van der Waals surface area (Å²) in [6.07, 6.45) is 0.265. The lowest BCUT2D eigenvalue weighted by atomic mass is 9.85. The van der Waals surface area contributed by atoms with Gasteiger partial charge in [-0.1, -0.05) is 17.7 Å². The monoisotopic (exact) mass is 235 g/mol. The first-order chi connectivity index (χ1) is 7.94. The van der Waals surface area contributed by atoms with E-state index < -0.39 is 6.10 Å². The summed E-state index contributed by atoms with van der Waals surface area (Å²) in [7, 11) is 1.68. The fourth-order valence-electron chi connectivity index (χ4n) is 2.40. The van der Waals surface area contributed by atoms with Crippen LogP contribution in [0.25, 0.3) is 0 Å². The first-order valence-electron chi connectivity index (χ1n) is 6.03. The average Bonchev–Trinajstić information content (AvgIpc) is 2.27. The average molecular weight is 235 g/mol. The van der Waals surface area contributed by atoms with Gasteiger partial charge in [0.15, 0.2) is 0 Å². The van der Waals surface area contributed by atoms with E-state index in [0.717, 1.165) is 5.69 Å². The summed E-state index contributed by atoms with van der Waals surface area (Å²) in [6, 6.07) is 6.21. The quantitative estimate of drug-likeness (QED) is 0.825. The Morgan fingerprint density at radius 3 is 2.76 bits per heavy atom. The number of hydrogen-bond acceptors (Lipinski definition) is 3. The molecule has 2 atom stereocenters. The van der Waals surface area contributed by atoms with Crippen molar-refractivity contribution in [1.29, 1.82) is 0 Å². The van der Waals surface area contributed by atoms with Gasteiger partial charge in [-0.15, -0.1) is 0 Å². The largest absolute Gasteiger partial charge is 0.391 e. The molecule has 2 rings (SSSR count). The molecule has 3 heteroatoms.